The molecule has 6 heteroatoms. The monoisotopic (exact) mass is 370 g/mol. The Bertz CT molecular complexity index is 961. The molecular weight excluding hydrogens is 350 g/mol. The van der Waals surface area contributed by atoms with E-state index >= 15 is 0 Å². The highest BCUT2D eigenvalue weighted by atomic mass is 35.5. The molecule has 1 saturated carbocycles. The van der Waals surface area contributed by atoms with Gasteiger partial charge in [0, 0.05) is 10.6 Å². The van der Waals surface area contributed by atoms with Gasteiger partial charge in [0.25, 0.3) is 0 Å². The number of imidazole rings is 1. The summed E-state index contributed by atoms with van der Waals surface area (Å²) in [5, 5.41) is 13.5. The van der Waals surface area contributed by atoms with Gasteiger partial charge in [-0.25, -0.2) is 4.98 Å². The number of nitrogens with zero attached hydrogens (tertiary/aromatic N) is 1. The van der Waals surface area contributed by atoms with E-state index in [-0.39, 0.29) is 12.5 Å². The number of aliphatic hydroxyl groups excluding tert-OH is 1. The first-order valence-corrected chi connectivity index (χ1v) is 9.21. The normalized spacial score (nSPS) is 16.1. The summed E-state index contributed by atoms with van der Waals surface area (Å²) >= 11 is 6.14. The van der Waals surface area contributed by atoms with E-state index in [0.29, 0.717) is 10.8 Å². The average molecular weight is 371 g/mol. The van der Waals surface area contributed by atoms with Crippen molar-refractivity contribution in [2.75, 3.05) is 6.61 Å². The number of fused-ring (bicyclic) bond motifs is 1. The van der Waals surface area contributed by atoms with Crippen LogP contribution in [-0.4, -0.2) is 28.1 Å². The number of pyridine rings is 1. The van der Waals surface area contributed by atoms with Gasteiger partial charge in [0.05, 0.1) is 18.3 Å². The third kappa shape index (κ3) is 2.97. The fraction of sp³-hybridized carbons (Fsp3) is 0.300. The van der Waals surface area contributed by atoms with E-state index in [0.717, 1.165) is 42.5 Å². The average Bonchev–Trinajstić information content (AvgIpc) is 3.27. The lowest BCUT2D eigenvalue weighted by Crippen LogP contribution is -2.51. The van der Waals surface area contributed by atoms with Gasteiger partial charge in [-0.15, -0.1) is 0 Å². The number of halogens is 1. The van der Waals surface area contributed by atoms with Crippen molar-refractivity contribution in [2.45, 2.75) is 31.2 Å². The maximum atomic E-state index is 13.0. The van der Waals surface area contributed by atoms with Gasteiger partial charge < -0.3 is 10.4 Å². The van der Waals surface area contributed by atoms with E-state index in [4.69, 9.17) is 11.6 Å². The molecule has 5 nitrogen and oxygen atoms in total. The van der Waals surface area contributed by atoms with E-state index in [2.05, 4.69) is 10.3 Å². The minimum absolute atomic E-state index is 0.0385. The van der Waals surface area contributed by atoms with Crippen LogP contribution in [0.15, 0.2) is 48.7 Å². The predicted molar refractivity (Wildman–Crippen MR) is 100 cm³/mol. The summed E-state index contributed by atoms with van der Waals surface area (Å²) in [6.45, 7) is -0.0385. The van der Waals surface area contributed by atoms with Crippen molar-refractivity contribution >= 4 is 23.0 Å². The zero-order valence-corrected chi connectivity index (χ0v) is 15.1. The number of aliphatic hydroxyl groups is 1. The van der Waals surface area contributed by atoms with Crippen LogP contribution in [0.3, 0.4) is 0 Å². The molecule has 0 atom stereocenters. The van der Waals surface area contributed by atoms with Crippen LogP contribution in [0.2, 0.25) is 5.02 Å². The second-order valence-corrected chi connectivity index (χ2v) is 7.35. The molecule has 3 aromatic rings. The topological polar surface area (TPSA) is 69.2 Å². The molecule has 26 heavy (non-hydrogen) atoms. The first-order valence-electron chi connectivity index (χ1n) is 8.84. The Morgan fingerprint density at radius 3 is 2.77 bits per heavy atom. The number of rotatable bonds is 4. The number of hydrogen-bond acceptors (Lipinski definition) is 2. The molecule has 0 radical (unpaired) electrons. The molecule has 1 aliphatic rings. The zero-order valence-electron chi connectivity index (χ0n) is 14.3. The standard InChI is InChI=1S/C20H20ClN3O2/c21-15-7-5-6-14(12-15)17-16-8-1-4-11-24(16)18(22-17)19(26)23-20(13-25)9-2-3-10-20/h1,4-8,11-12,25H,2-3,9-10,13H2,(H,23,26)/p+1. The number of aromatic amines is 1. The lowest BCUT2D eigenvalue weighted by molar-refractivity contribution is -0.514. The number of aromatic nitrogens is 2. The number of carbonyl (C=O) groups is 1. The molecule has 0 saturated heterocycles. The van der Waals surface area contributed by atoms with Crippen LogP contribution in [0.4, 0.5) is 0 Å². The van der Waals surface area contributed by atoms with Gasteiger partial charge >= 0.3 is 11.7 Å². The Hall–Kier alpha value is -2.37. The maximum Gasteiger partial charge on any atom is 0.351 e. The largest absolute Gasteiger partial charge is 0.394 e. The summed E-state index contributed by atoms with van der Waals surface area (Å²) in [5.74, 6) is 0.228. The van der Waals surface area contributed by atoms with Gasteiger partial charge in [0.15, 0.2) is 11.2 Å². The molecule has 3 N–H and O–H groups in total. The molecule has 1 fully saturated rings. The molecule has 2 aromatic heterocycles. The first-order chi connectivity index (χ1) is 12.6. The second-order valence-electron chi connectivity index (χ2n) is 6.91. The van der Waals surface area contributed by atoms with Crippen molar-refractivity contribution < 1.29 is 14.3 Å². The molecule has 0 spiro atoms. The van der Waals surface area contributed by atoms with Gasteiger partial charge in [-0.3, -0.25) is 4.79 Å². The Morgan fingerprint density at radius 2 is 2.04 bits per heavy atom. The summed E-state index contributed by atoms with van der Waals surface area (Å²) in [4.78, 5) is 16.2. The molecule has 1 aliphatic carbocycles. The molecule has 1 aromatic carbocycles. The lowest BCUT2D eigenvalue weighted by atomic mass is 9.99. The van der Waals surface area contributed by atoms with E-state index < -0.39 is 5.54 Å². The van der Waals surface area contributed by atoms with Crippen molar-refractivity contribution in [3.8, 4) is 11.3 Å². The number of carbonyl (C=O) groups excluding carboxylic acids is 1. The van der Waals surface area contributed by atoms with E-state index in [1.165, 1.54) is 0 Å². The third-order valence-electron chi connectivity index (χ3n) is 5.17. The Kier molecular flexibility index (Phi) is 4.42. The summed E-state index contributed by atoms with van der Waals surface area (Å²) in [6, 6.07) is 13.3. The highest BCUT2D eigenvalue weighted by Gasteiger charge is 2.37. The maximum absolute atomic E-state index is 13.0. The molecule has 1 amide bonds. The van der Waals surface area contributed by atoms with Crippen molar-refractivity contribution in [2.24, 2.45) is 0 Å². The van der Waals surface area contributed by atoms with Gasteiger partial charge in [0.2, 0.25) is 0 Å². The van der Waals surface area contributed by atoms with Gasteiger partial charge in [-0.1, -0.05) is 42.6 Å². The lowest BCUT2D eigenvalue weighted by Gasteiger charge is -2.26. The fourth-order valence-corrected chi connectivity index (χ4v) is 3.98. The number of amides is 1. The van der Waals surface area contributed by atoms with Crippen LogP contribution in [0, 0.1) is 0 Å². The van der Waals surface area contributed by atoms with Crippen LogP contribution < -0.4 is 9.72 Å². The van der Waals surface area contributed by atoms with Gasteiger partial charge in [-0.05, 0) is 37.1 Å². The van der Waals surface area contributed by atoms with Crippen molar-refractivity contribution in [1.29, 1.82) is 0 Å². The number of benzene rings is 1. The van der Waals surface area contributed by atoms with Crippen molar-refractivity contribution in [3.05, 3.63) is 59.5 Å². The summed E-state index contributed by atoms with van der Waals surface area (Å²) in [7, 11) is 0. The Labute approximate surface area is 156 Å². The number of H-pyrrole nitrogens is 1. The molecule has 134 valence electrons. The molecular formula is C20H21ClN3O2+. The van der Waals surface area contributed by atoms with Crippen LogP contribution in [0.5, 0.6) is 0 Å². The fourth-order valence-electron chi connectivity index (χ4n) is 3.79. The summed E-state index contributed by atoms with van der Waals surface area (Å²) in [5.41, 5.74) is 2.13. The molecule has 2 heterocycles. The smallest absolute Gasteiger partial charge is 0.351 e. The Balaban J connectivity index is 1.77. The summed E-state index contributed by atoms with van der Waals surface area (Å²) in [6.07, 6.45) is 5.51. The zero-order chi connectivity index (χ0) is 18.1. The van der Waals surface area contributed by atoms with E-state index in [9.17, 15) is 9.90 Å². The molecule has 0 bridgehead atoms. The van der Waals surface area contributed by atoms with Crippen molar-refractivity contribution in [3.63, 3.8) is 0 Å². The van der Waals surface area contributed by atoms with Crippen LogP contribution in [0.1, 0.15) is 36.3 Å². The van der Waals surface area contributed by atoms with E-state index in [1.807, 2.05) is 53.1 Å². The quantitative estimate of drug-likeness (QED) is 0.618. The molecule has 0 unspecified atom stereocenters. The van der Waals surface area contributed by atoms with Crippen LogP contribution in [-0.2, 0) is 0 Å². The van der Waals surface area contributed by atoms with E-state index in [1.54, 1.807) is 0 Å². The van der Waals surface area contributed by atoms with Crippen molar-refractivity contribution in [1.82, 2.24) is 10.3 Å². The van der Waals surface area contributed by atoms with Gasteiger partial charge in [-0.2, -0.15) is 4.40 Å². The summed E-state index contributed by atoms with van der Waals surface area (Å²) < 4.78 is 1.84. The van der Waals surface area contributed by atoms with Gasteiger partial charge in [0.1, 0.15) is 0 Å². The Morgan fingerprint density at radius 1 is 1.23 bits per heavy atom. The number of nitrogens with one attached hydrogen (secondary N) is 2. The number of hydrogen-bond donors (Lipinski definition) is 3. The highest BCUT2D eigenvalue weighted by Crippen LogP contribution is 2.30. The molecule has 4 rings (SSSR count). The SMILES string of the molecule is O=C(NC1(CO)CCCC1)c1[nH]c(-c2cccc(Cl)c2)c2cccc[n+]12. The minimum atomic E-state index is -0.514. The third-order valence-corrected chi connectivity index (χ3v) is 5.41. The second kappa shape index (κ2) is 6.74. The van der Waals surface area contributed by atoms with Crippen LogP contribution >= 0.6 is 11.6 Å². The predicted octanol–water partition coefficient (Wildman–Crippen LogP) is 3.11. The highest BCUT2D eigenvalue weighted by molar-refractivity contribution is 6.30. The minimum Gasteiger partial charge on any atom is -0.394 e. The molecule has 0 aliphatic heterocycles. The van der Waals surface area contributed by atoms with Crippen LogP contribution in [0.25, 0.3) is 16.8 Å². The first kappa shape index (κ1) is 17.1.